The molecular formula is C12H12O4. The van der Waals surface area contributed by atoms with Gasteiger partial charge in [-0.3, -0.25) is 9.59 Å². The Labute approximate surface area is 92.9 Å². The quantitative estimate of drug-likeness (QED) is 0.717. The highest BCUT2D eigenvalue weighted by Gasteiger charge is 2.33. The molecule has 0 aliphatic carbocycles. The molecule has 0 N–H and O–H groups in total. The molecule has 0 bridgehead atoms. The van der Waals surface area contributed by atoms with Crippen LogP contribution in [0, 0.1) is 0 Å². The van der Waals surface area contributed by atoms with Crippen molar-refractivity contribution in [1.29, 1.82) is 0 Å². The molecule has 1 aromatic rings. The summed E-state index contributed by atoms with van der Waals surface area (Å²) in [4.78, 5) is 22.9. The van der Waals surface area contributed by atoms with Gasteiger partial charge in [-0.15, -0.1) is 0 Å². The summed E-state index contributed by atoms with van der Waals surface area (Å²) in [6.45, 7) is 3.09. The Morgan fingerprint density at radius 1 is 1.50 bits per heavy atom. The van der Waals surface area contributed by atoms with Gasteiger partial charge in [0.25, 0.3) is 0 Å². The first kappa shape index (κ1) is 10.7. The van der Waals surface area contributed by atoms with Gasteiger partial charge in [0.1, 0.15) is 11.5 Å². The second-order valence-electron chi connectivity index (χ2n) is 3.77. The van der Waals surface area contributed by atoms with Crippen LogP contribution in [0.25, 0.3) is 0 Å². The average molecular weight is 220 g/mol. The van der Waals surface area contributed by atoms with E-state index in [1.54, 1.807) is 19.1 Å². The van der Waals surface area contributed by atoms with Gasteiger partial charge in [0, 0.05) is 5.57 Å². The first-order valence-electron chi connectivity index (χ1n) is 5.05. The van der Waals surface area contributed by atoms with Crippen LogP contribution in [0.2, 0.25) is 0 Å². The smallest absolute Gasteiger partial charge is 0.311 e. The van der Waals surface area contributed by atoms with Crippen molar-refractivity contribution in [3.05, 3.63) is 35.5 Å². The van der Waals surface area contributed by atoms with Gasteiger partial charge in [-0.2, -0.15) is 0 Å². The highest BCUT2D eigenvalue weighted by molar-refractivity contribution is 5.97. The van der Waals surface area contributed by atoms with Crippen molar-refractivity contribution in [2.45, 2.75) is 26.2 Å². The zero-order valence-corrected chi connectivity index (χ0v) is 9.15. The Morgan fingerprint density at radius 2 is 2.25 bits per heavy atom. The van der Waals surface area contributed by atoms with Gasteiger partial charge in [0.15, 0.2) is 5.78 Å². The molecule has 0 aromatic carbocycles. The third kappa shape index (κ3) is 1.78. The predicted molar refractivity (Wildman–Crippen MR) is 55.5 cm³/mol. The first-order chi connectivity index (χ1) is 7.59. The minimum Gasteiger partial charge on any atom is -0.469 e. The summed E-state index contributed by atoms with van der Waals surface area (Å²) >= 11 is 0. The molecule has 1 aliphatic heterocycles. The molecule has 1 aromatic heterocycles. The predicted octanol–water partition coefficient (Wildman–Crippen LogP) is 2.17. The van der Waals surface area contributed by atoms with Crippen LogP contribution >= 0.6 is 0 Å². The van der Waals surface area contributed by atoms with Crippen LogP contribution < -0.4 is 0 Å². The molecule has 4 nitrogen and oxygen atoms in total. The van der Waals surface area contributed by atoms with E-state index >= 15 is 0 Å². The fourth-order valence-electron chi connectivity index (χ4n) is 2.01. The van der Waals surface area contributed by atoms with E-state index in [4.69, 9.17) is 9.15 Å². The Morgan fingerprint density at radius 3 is 2.81 bits per heavy atom. The molecular weight excluding hydrogens is 208 g/mol. The van der Waals surface area contributed by atoms with Crippen molar-refractivity contribution < 1.29 is 18.7 Å². The number of carbonyl (C=O) groups is 2. The molecule has 2 rings (SSSR count). The van der Waals surface area contributed by atoms with E-state index in [0.717, 1.165) is 0 Å². The zero-order chi connectivity index (χ0) is 11.7. The SMILES string of the molecule is CC(=O)C1=C(C)OC(=O)CC1c1ccco1. The lowest BCUT2D eigenvalue weighted by Gasteiger charge is -2.23. The molecule has 0 spiro atoms. The third-order valence-corrected chi connectivity index (χ3v) is 2.63. The molecule has 1 unspecified atom stereocenters. The normalized spacial score (nSPS) is 20.9. The van der Waals surface area contributed by atoms with Crippen molar-refractivity contribution in [3.8, 4) is 0 Å². The standard InChI is InChI=1S/C12H12O4/c1-7(13)12-8(2)16-11(14)6-9(12)10-4-3-5-15-10/h3-5,9H,6H2,1-2H3. The van der Waals surface area contributed by atoms with E-state index in [9.17, 15) is 9.59 Å². The van der Waals surface area contributed by atoms with E-state index < -0.39 is 0 Å². The molecule has 0 fully saturated rings. The number of rotatable bonds is 2. The second-order valence-corrected chi connectivity index (χ2v) is 3.77. The van der Waals surface area contributed by atoms with Gasteiger partial charge >= 0.3 is 5.97 Å². The lowest BCUT2D eigenvalue weighted by Crippen LogP contribution is -2.22. The average Bonchev–Trinajstić information content (AvgIpc) is 2.67. The summed E-state index contributed by atoms with van der Waals surface area (Å²) in [5.41, 5.74) is 0.523. The van der Waals surface area contributed by atoms with Gasteiger partial charge in [0.05, 0.1) is 18.6 Å². The number of cyclic esters (lactones) is 1. The van der Waals surface area contributed by atoms with E-state index in [0.29, 0.717) is 17.1 Å². The van der Waals surface area contributed by atoms with Crippen LogP contribution in [0.1, 0.15) is 31.9 Å². The molecule has 0 saturated heterocycles. The van der Waals surface area contributed by atoms with Crippen LogP contribution in [-0.4, -0.2) is 11.8 Å². The minimum atomic E-state index is -0.330. The maximum Gasteiger partial charge on any atom is 0.311 e. The van der Waals surface area contributed by atoms with Crippen LogP contribution in [-0.2, 0) is 14.3 Å². The summed E-state index contributed by atoms with van der Waals surface area (Å²) < 4.78 is 10.2. The number of hydrogen-bond acceptors (Lipinski definition) is 4. The number of Topliss-reactive ketones (excluding diaryl/α,β-unsaturated/α-hetero) is 1. The largest absolute Gasteiger partial charge is 0.469 e. The van der Waals surface area contributed by atoms with Crippen molar-refractivity contribution >= 4 is 11.8 Å². The van der Waals surface area contributed by atoms with Gasteiger partial charge in [-0.25, -0.2) is 0 Å². The van der Waals surface area contributed by atoms with E-state index in [1.807, 2.05) is 0 Å². The van der Waals surface area contributed by atoms with Crippen molar-refractivity contribution in [2.75, 3.05) is 0 Å². The van der Waals surface area contributed by atoms with Gasteiger partial charge < -0.3 is 9.15 Å². The molecule has 1 aliphatic rings. The molecule has 84 valence electrons. The number of ether oxygens (including phenoxy) is 1. The van der Waals surface area contributed by atoms with Gasteiger partial charge in [-0.05, 0) is 26.0 Å². The number of esters is 1. The third-order valence-electron chi connectivity index (χ3n) is 2.63. The van der Waals surface area contributed by atoms with Crippen molar-refractivity contribution in [3.63, 3.8) is 0 Å². The minimum absolute atomic E-state index is 0.0913. The molecule has 0 saturated carbocycles. The number of furan rings is 1. The Kier molecular flexibility index (Phi) is 2.64. The summed E-state index contributed by atoms with van der Waals surface area (Å²) in [6.07, 6.45) is 1.68. The molecule has 1 atom stereocenters. The number of hydrogen-bond donors (Lipinski definition) is 0. The van der Waals surface area contributed by atoms with Crippen LogP contribution in [0.5, 0.6) is 0 Å². The molecule has 0 amide bonds. The van der Waals surface area contributed by atoms with Crippen LogP contribution in [0.15, 0.2) is 34.1 Å². The Hall–Kier alpha value is -1.84. The second kappa shape index (κ2) is 3.96. The summed E-state index contributed by atoms with van der Waals surface area (Å²) in [5, 5.41) is 0. The summed E-state index contributed by atoms with van der Waals surface area (Å²) in [7, 11) is 0. The van der Waals surface area contributed by atoms with Gasteiger partial charge in [-0.1, -0.05) is 0 Å². The Bertz CT molecular complexity index is 453. The molecule has 16 heavy (non-hydrogen) atoms. The fraction of sp³-hybridized carbons (Fsp3) is 0.333. The van der Waals surface area contributed by atoms with Crippen LogP contribution in [0.3, 0.4) is 0 Å². The lowest BCUT2D eigenvalue weighted by atomic mass is 9.88. The zero-order valence-electron chi connectivity index (χ0n) is 9.15. The highest BCUT2D eigenvalue weighted by Crippen LogP contribution is 2.35. The maximum absolute atomic E-state index is 11.5. The number of carbonyl (C=O) groups excluding carboxylic acids is 2. The first-order valence-corrected chi connectivity index (χ1v) is 5.05. The molecule has 0 radical (unpaired) electrons. The fourth-order valence-corrected chi connectivity index (χ4v) is 2.01. The maximum atomic E-state index is 11.5. The molecule has 2 heterocycles. The van der Waals surface area contributed by atoms with E-state index in [-0.39, 0.29) is 24.1 Å². The monoisotopic (exact) mass is 220 g/mol. The van der Waals surface area contributed by atoms with Crippen molar-refractivity contribution in [1.82, 2.24) is 0 Å². The molecule has 4 heteroatoms. The van der Waals surface area contributed by atoms with E-state index in [1.165, 1.54) is 13.2 Å². The Balaban J connectivity index is 2.46. The topological polar surface area (TPSA) is 56.5 Å². The summed E-state index contributed by atoms with van der Waals surface area (Å²) in [5.74, 6) is 0.274. The number of allylic oxidation sites excluding steroid dienone is 2. The summed E-state index contributed by atoms with van der Waals surface area (Å²) in [6, 6.07) is 3.50. The number of ketones is 1. The van der Waals surface area contributed by atoms with Gasteiger partial charge in [0.2, 0.25) is 0 Å². The van der Waals surface area contributed by atoms with Crippen LogP contribution in [0.4, 0.5) is 0 Å². The highest BCUT2D eigenvalue weighted by atomic mass is 16.5. The van der Waals surface area contributed by atoms with E-state index in [2.05, 4.69) is 0 Å². The van der Waals surface area contributed by atoms with Crippen molar-refractivity contribution in [2.24, 2.45) is 0 Å². The lowest BCUT2D eigenvalue weighted by molar-refractivity contribution is -0.141.